The summed E-state index contributed by atoms with van der Waals surface area (Å²) >= 11 is 0. The molecule has 1 aliphatic rings. The van der Waals surface area contributed by atoms with Crippen molar-refractivity contribution in [2.24, 2.45) is 5.92 Å². The van der Waals surface area contributed by atoms with Gasteiger partial charge >= 0.3 is 12.1 Å². The van der Waals surface area contributed by atoms with Crippen LogP contribution in [-0.4, -0.2) is 43.7 Å². The van der Waals surface area contributed by atoms with Gasteiger partial charge in [0, 0.05) is 0 Å². The second-order valence-corrected chi connectivity index (χ2v) is 3.99. The van der Waals surface area contributed by atoms with E-state index < -0.39 is 12.1 Å². The van der Waals surface area contributed by atoms with Gasteiger partial charge in [0.1, 0.15) is 6.61 Å². The molecule has 6 heteroatoms. The SMILES string of the molecule is C=CCOC(=O)NOC(=O)C1CCN(C)CC1. The molecule has 1 N–H and O–H groups in total. The average Bonchev–Trinajstić information content (AvgIpc) is 2.34. The number of carbonyl (C=O) groups excluding carboxylic acids is 2. The summed E-state index contributed by atoms with van der Waals surface area (Å²) in [5.74, 6) is -0.556. The lowest BCUT2D eigenvalue weighted by molar-refractivity contribution is -0.156. The van der Waals surface area contributed by atoms with Crippen LogP contribution in [0, 0.1) is 5.92 Å². The van der Waals surface area contributed by atoms with Crippen molar-refractivity contribution in [1.82, 2.24) is 10.4 Å². The number of nitrogens with one attached hydrogen (secondary N) is 1. The molecule has 1 heterocycles. The van der Waals surface area contributed by atoms with Crippen LogP contribution in [0.4, 0.5) is 4.79 Å². The molecule has 1 amide bonds. The highest BCUT2D eigenvalue weighted by Crippen LogP contribution is 2.16. The van der Waals surface area contributed by atoms with E-state index in [9.17, 15) is 9.59 Å². The molecule has 0 spiro atoms. The number of ether oxygens (including phenoxy) is 1. The van der Waals surface area contributed by atoms with E-state index in [2.05, 4.69) is 21.1 Å². The third-order valence-corrected chi connectivity index (χ3v) is 2.62. The van der Waals surface area contributed by atoms with Gasteiger partial charge in [-0.15, -0.1) is 5.48 Å². The summed E-state index contributed by atoms with van der Waals surface area (Å²) in [5.41, 5.74) is 1.95. The second-order valence-electron chi connectivity index (χ2n) is 3.99. The number of rotatable bonds is 3. The fourth-order valence-corrected chi connectivity index (χ4v) is 1.58. The van der Waals surface area contributed by atoms with Crippen LogP contribution in [0.15, 0.2) is 12.7 Å². The number of amides is 1. The Balaban J connectivity index is 2.20. The highest BCUT2D eigenvalue weighted by molar-refractivity contribution is 5.75. The smallest absolute Gasteiger partial charge is 0.441 e. The molecular formula is C11H18N2O4. The van der Waals surface area contributed by atoms with E-state index >= 15 is 0 Å². The van der Waals surface area contributed by atoms with Crippen LogP contribution in [-0.2, 0) is 14.4 Å². The molecule has 1 rings (SSSR count). The summed E-state index contributed by atoms with van der Waals surface area (Å²) in [6.45, 7) is 5.20. The van der Waals surface area contributed by atoms with Crippen LogP contribution < -0.4 is 5.48 Å². The molecule has 0 aromatic carbocycles. The molecule has 0 atom stereocenters. The van der Waals surface area contributed by atoms with E-state index in [0.717, 1.165) is 25.9 Å². The van der Waals surface area contributed by atoms with Crippen LogP contribution in [0.1, 0.15) is 12.8 Å². The van der Waals surface area contributed by atoms with Crippen molar-refractivity contribution in [3.05, 3.63) is 12.7 Å². The monoisotopic (exact) mass is 242 g/mol. The van der Waals surface area contributed by atoms with Crippen molar-refractivity contribution in [1.29, 1.82) is 0 Å². The third kappa shape index (κ3) is 4.86. The zero-order valence-corrected chi connectivity index (χ0v) is 9.98. The Kier molecular flexibility index (Phi) is 5.48. The normalized spacial score (nSPS) is 17.2. The van der Waals surface area contributed by atoms with Crippen LogP contribution in [0.5, 0.6) is 0 Å². The van der Waals surface area contributed by atoms with Crippen molar-refractivity contribution in [3.8, 4) is 0 Å². The molecule has 6 nitrogen and oxygen atoms in total. The number of carbonyl (C=O) groups is 2. The summed E-state index contributed by atoms with van der Waals surface area (Å²) in [4.78, 5) is 29.3. The predicted molar refractivity (Wildman–Crippen MR) is 61.0 cm³/mol. The molecule has 96 valence electrons. The highest BCUT2D eigenvalue weighted by Gasteiger charge is 2.25. The van der Waals surface area contributed by atoms with Gasteiger partial charge in [-0.25, -0.2) is 9.59 Å². The number of hydroxylamine groups is 1. The first-order chi connectivity index (χ1) is 8.13. The summed E-state index contributed by atoms with van der Waals surface area (Å²) in [7, 11) is 2.01. The van der Waals surface area contributed by atoms with E-state index in [1.165, 1.54) is 6.08 Å². The topological polar surface area (TPSA) is 67.9 Å². The van der Waals surface area contributed by atoms with Crippen molar-refractivity contribution in [2.45, 2.75) is 12.8 Å². The van der Waals surface area contributed by atoms with Crippen molar-refractivity contribution < 1.29 is 19.2 Å². The number of hydrogen-bond donors (Lipinski definition) is 1. The number of likely N-dealkylation sites (tertiary alicyclic amines) is 1. The molecule has 0 aromatic rings. The van der Waals surface area contributed by atoms with Crippen molar-refractivity contribution in [3.63, 3.8) is 0 Å². The van der Waals surface area contributed by atoms with Crippen molar-refractivity contribution >= 4 is 12.1 Å². The van der Waals surface area contributed by atoms with Gasteiger partial charge < -0.3 is 14.5 Å². The van der Waals surface area contributed by atoms with Crippen LogP contribution >= 0.6 is 0 Å². The molecule has 0 bridgehead atoms. The minimum absolute atomic E-state index is 0.0810. The summed E-state index contributed by atoms with van der Waals surface area (Å²) in [5, 5.41) is 0. The standard InChI is InChI=1S/C11H18N2O4/c1-3-8-16-11(15)12-17-10(14)9-4-6-13(2)7-5-9/h3,9H,1,4-8H2,2H3,(H,12,15). The summed E-state index contributed by atoms with van der Waals surface area (Å²) < 4.78 is 4.59. The van der Waals surface area contributed by atoms with Crippen LogP contribution in [0.25, 0.3) is 0 Å². The fourth-order valence-electron chi connectivity index (χ4n) is 1.58. The third-order valence-electron chi connectivity index (χ3n) is 2.62. The van der Waals surface area contributed by atoms with E-state index in [-0.39, 0.29) is 12.5 Å². The second kappa shape index (κ2) is 6.90. The summed E-state index contributed by atoms with van der Waals surface area (Å²) in [6, 6.07) is 0. The van der Waals surface area contributed by atoms with Gasteiger partial charge in [-0.3, -0.25) is 0 Å². The molecule has 1 fully saturated rings. The minimum Gasteiger partial charge on any atom is -0.443 e. The Hall–Kier alpha value is -1.56. The summed E-state index contributed by atoms with van der Waals surface area (Å²) in [6.07, 6.45) is 2.14. The highest BCUT2D eigenvalue weighted by atomic mass is 16.7. The largest absolute Gasteiger partial charge is 0.443 e. The number of hydrogen-bond acceptors (Lipinski definition) is 5. The Morgan fingerprint density at radius 3 is 2.71 bits per heavy atom. The van der Waals surface area contributed by atoms with Gasteiger partial charge in [0.05, 0.1) is 5.92 Å². The lowest BCUT2D eigenvalue weighted by Crippen LogP contribution is -2.37. The van der Waals surface area contributed by atoms with E-state index in [1.54, 1.807) is 0 Å². The Bertz CT molecular complexity index is 285. The average molecular weight is 242 g/mol. The van der Waals surface area contributed by atoms with E-state index in [4.69, 9.17) is 0 Å². The maximum Gasteiger partial charge on any atom is 0.441 e. The lowest BCUT2D eigenvalue weighted by atomic mass is 9.98. The molecule has 17 heavy (non-hydrogen) atoms. The molecule has 0 aliphatic carbocycles. The Morgan fingerprint density at radius 1 is 1.47 bits per heavy atom. The molecule has 0 aromatic heterocycles. The van der Waals surface area contributed by atoms with E-state index in [1.807, 2.05) is 12.5 Å². The van der Waals surface area contributed by atoms with Crippen molar-refractivity contribution in [2.75, 3.05) is 26.7 Å². The molecular weight excluding hydrogens is 224 g/mol. The minimum atomic E-state index is -0.786. The first-order valence-corrected chi connectivity index (χ1v) is 5.56. The Morgan fingerprint density at radius 2 is 2.12 bits per heavy atom. The molecule has 0 unspecified atom stereocenters. The Labute approximate surface area is 101 Å². The van der Waals surface area contributed by atoms with Crippen LogP contribution in [0.2, 0.25) is 0 Å². The van der Waals surface area contributed by atoms with Gasteiger partial charge in [-0.2, -0.15) is 0 Å². The van der Waals surface area contributed by atoms with Gasteiger partial charge in [0.25, 0.3) is 0 Å². The maximum atomic E-state index is 11.6. The first-order valence-electron chi connectivity index (χ1n) is 5.56. The zero-order chi connectivity index (χ0) is 12.7. The van der Waals surface area contributed by atoms with E-state index in [0.29, 0.717) is 0 Å². The zero-order valence-electron chi connectivity index (χ0n) is 9.98. The molecule has 1 aliphatic heterocycles. The lowest BCUT2D eigenvalue weighted by Gasteiger charge is -2.27. The molecule has 0 radical (unpaired) electrons. The molecule has 1 saturated heterocycles. The number of piperidine rings is 1. The van der Waals surface area contributed by atoms with Gasteiger partial charge in [0.15, 0.2) is 0 Å². The fraction of sp³-hybridized carbons (Fsp3) is 0.636. The predicted octanol–water partition coefficient (Wildman–Crippen LogP) is 0.699. The number of nitrogens with zero attached hydrogens (tertiary/aromatic N) is 1. The van der Waals surface area contributed by atoms with Gasteiger partial charge in [0.2, 0.25) is 0 Å². The van der Waals surface area contributed by atoms with Crippen LogP contribution in [0.3, 0.4) is 0 Å². The quantitative estimate of drug-likeness (QED) is 0.583. The first kappa shape index (κ1) is 13.5. The van der Waals surface area contributed by atoms with Gasteiger partial charge in [-0.1, -0.05) is 12.7 Å². The van der Waals surface area contributed by atoms with Gasteiger partial charge in [-0.05, 0) is 33.0 Å². The molecule has 0 saturated carbocycles. The maximum absolute atomic E-state index is 11.6.